The summed E-state index contributed by atoms with van der Waals surface area (Å²) in [7, 11) is 7.43. The molecule has 1 N–H and O–H groups in total. The van der Waals surface area contributed by atoms with Crippen LogP contribution in [0.5, 0.6) is 0 Å². The number of aryl methyl sites for hydroxylation is 4. The van der Waals surface area contributed by atoms with Crippen LogP contribution in [-0.2, 0) is 47.3 Å². The fourth-order valence-electron chi connectivity index (χ4n) is 10.7. The summed E-state index contributed by atoms with van der Waals surface area (Å²) in [5, 5.41) is 10.4. The van der Waals surface area contributed by atoms with Gasteiger partial charge in [-0.3, -0.25) is 52.4 Å². The van der Waals surface area contributed by atoms with Crippen LogP contribution in [0.4, 0.5) is 0 Å². The fraction of sp³-hybridized carbons (Fsp3) is 0.309. The second-order valence-electron chi connectivity index (χ2n) is 19.2. The molecule has 0 amide bonds. The van der Waals surface area contributed by atoms with E-state index >= 15 is 0 Å². The van der Waals surface area contributed by atoms with Crippen molar-refractivity contribution >= 4 is 56.5 Å². The molecule has 20 heteroatoms. The molecule has 0 radical (unpaired) electrons. The zero-order valence-electron chi connectivity index (χ0n) is 42.7. The second-order valence-corrected chi connectivity index (χ2v) is 19.2. The van der Waals surface area contributed by atoms with Gasteiger partial charge in [0.1, 0.15) is 6.10 Å². The van der Waals surface area contributed by atoms with E-state index in [-0.39, 0.29) is 70.8 Å². The molecule has 0 saturated heterocycles. The number of benzene rings is 2. The van der Waals surface area contributed by atoms with Gasteiger partial charge in [0.2, 0.25) is 0 Å². The first kappa shape index (κ1) is 53.6. The Balaban J connectivity index is 0.000000185. The van der Waals surface area contributed by atoms with Crippen molar-refractivity contribution < 1.29 is 54.2 Å². The molecule has 8 aromatic heterocycles. The molecular weight excluding hydrogens is 964 g/mol. The molecule has 19 nitrogen and oxygen atoms in total. The topological polar surface area (TPSA) is 232 Å². The molecular formula is C55H55N12NaO7. The molecule has 0 spiro atoms. The Morgan fingerprint density at radius 2 is 0.960 bits per heavy atom. The quantitative estimate of drug-likeness (QED) is 0.138. The van der Waals surface area contributed by atoms with E-state index in [4.69, 9.17) is 14.3 Å². The smallest absolute Gasteiger partial charge is 0.870 e. The first-order valence-electron chi connectivity index (χ1n) is 24.4. The zero-order chi connectivity index (χ0) is 50.9. The van der Waals surface area contributed by atoms with Crippen LogP contribution in [-0.4, -0.2) is 82.0 Å². The third-order valence-electron chi connectivity index (χ3n) is 14.6. The Morgan fingerprint density at radius 3 is 1.33 bits per heavy atom. The van der Waals surface area contributed by atoms with Crippen molar-refractivity contribution in [2.45, 2.75) is 76.5 Å². The molecule has 0 aliphatic heterocycles. The number of carbonyl (C=O) groups is 1. The van der Waals surface area contributed by atoms with Crippen molar-refractivity contribution in [1.82, 2.24) is 57.8 Å². The van der Waals surface area contributed by atoms with Crippen molar-refractivity contribution in [2.75, 3.05) is 0 Å². The molecule has 0 bridgehead atoms. The van der Waals surface area contributed by atoms with Gasteiger partial charge < -0.3 is 10.2 Å². The van der Waals surface area contributed by atoms with E-state index in [2.05, 4.69) is 67.4 Å². The number of rotatable bonds is 8. The summed E-state index contributed by atoms with van der Waals surface area (Å²) in [4.78, 5) is 72.3. The van der Waals surface area contributed by atoms with Crippen LogP contribution in [0.25, 0.3) is 88.6 Å². The zero-order valence-corrected chi connectivity index (χ0v) is 44.7. The van der Waals surface area contributed by atoms with E-state index in [9.17, 15) is 14.4 Å². The summed E-state index contributed by atoms with van der Waals surface area (Å²) in [6.07, 6.45) is 22.5. The summed E-state index contributed by atoms with van der Waals surface area (Å²) < 4.78 is 16.1. The molecule has 0 atom stereocenters. The minimum Gasteiger partial charge on any atom is -0.870 e. The van der Waals surface area contributed by atoms with E-state index in [1.165, 1.54) is 0 Å². The van der Waals surface area contributed by atoms with Gasteiger partial charge in [0.05, 0.1) is 69.3 Å². The molecule has 2 saturated carbocycles. The van der Waals surface area contributed by atoms with Gasteiger partial charge in [-0.1, -0.05) is 31.2 Å². The molecule has 12 rings (SSSR count). The first-order valence-corrected chi connectivity index (χ1v) is 24.4. The maximum absolute atomic E-state index is 13.4. The predicted molar refractivity (Wildman–Crippen MR) is 278 cm³/mol. The van der Waals surface area contributed by atoms with Crippen molar-refractivity contribution in [3.63, 3.8) is 0 Å². The van der Waals surface area contributed by atoms with Crippen molar-refractivity contribution in [1.29, 1.82) is 0 Å². The van der Waals surface area contributed by atoms with Crippen molar-refractivity contribution in [2.24, 2.45) is 34.1 Å². The summed E-state index contributed by atoms with van der Waals surface area (Å²) in [6, 6.07) is 20.9. The average Bonchev–Trinajstić information content (AvgIpc) is 4.19. The van der Waals surface area contributed by atoms with Gasteiger partial charge in [-0.25, -0.2) is 9.59 Å². The second kappa shape index (κ2) is 22.8. The van der Waals surface area contributed by atoms with Crippen molar-refractivity contribution in [3.8, 4) is 44.8 Å². The monoisotopic (exact) mass is 1020 g/mol. The molecule has 8 heterocycles. The Kier molecular flexibility index (Phi) is 16.3. The Hall–Kier alpha value is -7.67. The standard InChI is InChI=1S/C27H26N6O3.C27H28N6O.CO2.Na.H2O/c1-31-15-19(13-30-31)23-9-4-18(12-28-23)17-3-10-24-22(11-17)26-25(14-29-24)32(2)27(35)33(26)20-5-7-21(8-6-20)36-16-34;1-17-4-8-21(9-5-17)33-26-22-12-18(6-11-24(22)29-15-25(26)32(3)27(33)34)19-7-10-23(28-13-19)20-14-30-31(2)16-20;2-1-3;;/h3-4,9-16,20-21H,5-8H2,1-2H3;6-7,10-17,21H,4-5,8-9H2,1-3H3;;;1H2/q;;;+1;/p-1. The normalized spacial score (nSPS) is 17.2. The molecule has 2 fully saturated rings. The molecule has 378 valence electrons. The van der Waals surface area contributed by atoms with Gasteiger partial charge in [0.25, 0.3) is 6.47 Å². The number of hydrogen-bond donors (Lipinski definition) is 0. The largest absolute Gasteiger partial charge is 1.00 e. The molecule has 75 heavy (non-hydrogen) atoms. The van der Waals surface area contributed by atoms with Gasteiger partial charge in [0.15, 0.2) is 0 Å². The van der Waals surface area contributed by atoms with E-state index in [1.54, 1.807) is 37.9 Å². The number of nitrogens with zero attached hydrogens (tertiary/aromatic N) is 12. The summed E-state index contributed by atoms with van der Waals surface area (Å²) in [5.74, 6) is 0.731. The van der Waals surface area contributed by atoms with Gasteiger partial charge in [-0.15, -0.1) is 0 Å². The number of imidazole rings is 2. The number of carbonyl (C=O) groups excluding carboxylic acids is 3. The van der Waals surface area contributed by atoms with Crippen LogP contribution >= 0.6 is 0 Å². The predicted octanol–water partition coefficient (Wildman–Crippen LogP) is 5.35. The third kappa shape index (κ3) is 10.5. The van der Waals surface area contributed by atoms with E-state index in [1.807, 2.05) is 97.8 Å². The molecule has 2 aromatic carbocycles. The van der Waals surface area contributed by atoms with Crippen LogP contribution < -0.4 is 40.9 Å². The van der Waals surface area contributed by atoms with Gasteiger partial charge >= 0.3 is 47.1 Å². The minimum atomic E-state index is -0.0726. The van der Waals surface area contributed by atoms with Crippen LogP contribution in [0, 0.1) is 5.92 Å². The van der Waals surface area contributed by atoms with Gasteiger partial charge in [-0.2, -0.15) is 19.8 Å². The maximum atomic E-state index is 13.4. The molecule has 10 aromatic rings. The van der Waals surface area contributed by atoms with Gasteiger partial charge in [-0.05, 0) is 105 Å². The number of hydrogen-bond acceptors (Lipinski definition) is 13. The first-order chi connectivity index (χ1) is 35.4. The van der Waals surface area contributed by atoms with Crippen LogP contribution in [0.15, 0.2) is 120 Å². The number of ether oxygens (including phenoxy) is 1. The summed E-state index contributed by atoms with van der Waals surface area (Å²) in [5.41, 5.74) is 13.1. The van der Waals surface area contributed by atoms with Crippen LogP contribution in [0.2, 0.25) is 0 Å². The van der Waals surface area contributed by atoms with Crippen molar-refractivity contribution in [3.05, 3.63) is 131 Å². The minimum absolute atomic E-state index is 0. The van der Waals surface area contributed by atoms with Gasteiger partial charge in [0, 0.05) is 98.1 Å². The van der Waals surface area contributed by atoms with E-state index in [0.29, 0.717) is 6.47 Å². The number of aromatic nitrogens is 12. The average molecular weight is 1020 g/mol. The molecule has 0 unspecified atom stereocenters. The fourth-order valence-corrected chi connectivity index (χ4v) is 10.7. The molecule has 2 aliphatic rings. The maximum Gasteiger partial charge on any atom is 1.00 e. The van der Waals surface area contributed by atoms with E-state index < -0.39 is 0 Å². The Labute approximate surface area is 452 Å². The Morgan fingerprint density at radius 1 is 0.547 bits per heavy atom. The summed E-state index contributed by atoms with van der Waals surface area (Å²) in [6.45, 7) is 2.83. The molecule has 2 aliphatic carbocycles. The van der Waals surface area contributed by atoms with E-state index in [0.717, 1.165) is 146 Å². The number of fused-ring (bicyclic) bond motifs is 6. The SMILES string of the molecule is CC1CCC(n2c(=O)n(C)c3cnc4ccc(-c5ccc(-c6cnn(C)c6)nc5)cc4c32)CC1.Cn1cc(-c2ccc(-c3ccc4ncc5c(c4c3)n(C3CCC(OC=O)CC3)c(=O)n5C)cn2)cn1.O=C=O.[Na+].[OH-]. The van der Waals surface area contributed by atoms with Crippen LogP contribution in [0.1, 0.15) is 70.4 Å². The van der Waals surface area contributed by atoms with Crippen LogP contribution in [0.3, 0.4) is 0 Å². The summed E-state index contributed by atoms with van der Waals surface area (Å²) >= 11 is 0. The Bertz CT molecular complexity index is 3810. The number of pyridine rings is 4. The third-order valence-corrected chi connectivity index (χ3v) is 14.6.